The zero-order valence-corrected chi connectivity index (χ0v) is 14.2. The van der Waals surface area contributed by atoms with Crippen molar-refractivity contribution >= 4 is 22.8 Å². The van der Waals surface area contributed by atoms with E-state index in [0.717, 1.165) is 21.9 Å². The third kappa shape index (κ3) is 2.69. The number of nitrogens with zero attached hydrogens (tertiary/aromatic N) is 4. The number of rotatable bonds is 4. The van der Waals surface area contributed by atoms with Crippen LogP contribution in [0.3, 0.4) is 0 Å². The predicted octanol–water partition coefficient (Wildman–Crippen LogP) is 4.57. The Bertz CT molecular complexity index is 977. The minimum Gasteiger partial charge on any atom is -0.424 e. The van der Waals surface area contributed by atoms with Crippen molar-refractivity contribution in [2.24, 2.45) is 0 Å². The van der Waals surface area contributed by atoms with E-state index in [1.807, 2.05) is 43.3 Å². The Morgan fingerprint density at radius 2 is 1.75 bits per heavy atom. The summed E-state index contributed by atoms with van der Waals surface area (Å²) in [7, 11) is 0. The van der Waals surface area contributed by atoms with Gasteiger partial charge in [-0.2, -0.15) is 0 Å². The van der Waals surface area contributed by atoms with Gasteiger partial charge in [0.05, 0.1) is 16.3 Å². The van der Waals surface area contributed by atoms with Gasteiger partial charge in [0.15, 0.2) is 5.16 Å². The summed E-state index contributed by atoms with van der Waals surface area (Å²) in [5, 5.41) is 8.97. The number of para-hydroxylation sites is 3. The van der Waals surface area contributed by atoms with E-state index in [-0.39, 0.29) is 5.25 Å². The highest BCUT2D eigenvalue weighted by molar-refractivity contribution is 7.99. The third-order valence-electron chi connectivity index (χ3n) is 3.72. The molecule has 0 aliphatic rings. The Labute approximate surface area is 143 Å². The lowest BCUT2D eigenvalue weighted by molar-refractivity contribution is 0.470. The first-order valence-electron chi connectivity index (χ1n) is 7.72. The van der Waals surface area contributed by atoms with Crippen LogP contribution in [0.2, 0.25) is 0 Å². The first kappa shape index (κ1) is 15.0. The van der Waals surface area contributed by atoms with Gasteiger partial charge in [-0.25, -0.2) is 4.98 Å². The highest BCUT2D eigenvalue weighted by Crippen LogP contribution is 2.36. The van der Waals surface area contributed by atoms with Crippen molar-refractivity contribution in [3.63, 3.8) is 0 Å². The van der Waals surface area contributed by atoms with E-state index in [1.165, 1.54) is 0 Å². The number of hydrogen-bond donors (Lipinski definition) is 0. The summed E-state index contributed by atoms with van der Waals surface area (Å²) in [6, 6.07) is 18.4. The Morgan fingerprint density at radius 1 is 1.00 bits per heavy atom. The average Bonchev–Trinajstić information content (AvgIpc) is 3.19. The fraction of sp³-hybridized carbons (Fsp3) is 0.167. The van der Waals surface area contributed by atoms with E-state index in [4.69, 9.17) is 9.40 Å². The molecular weight excluding hydrogens is 320 g/mol. The van der Waals surface area contributed by atoms with Crippen LogP contribution in [0.5, 0.6) is 0 Å². The molecule has 0 N–H and O–H groups in total. The standard InChI is InChI=1S/C18H16N4OS/c1-12(17-21-20-13(2)23-17)24-18-19-15-10-6-7-11-16(15)22(18)14-8-4-3-5-9-14/h3-12H,1-2H3. The second-order valence-electron chi connectivity index (χ2n) is 5.47. The zero-order chi connectivity index (χ0) is 16.5. The molecular formula is C18H16N4OS. The summed E-state index contributed by atoms with van der Waals surface area (Å²) in [6.45, 7) is 3.85. The van der Waals surface area contributed by atoms with Crippen molar-refractivity contribution < 1.29 is 4.42 Å². The highest BCUT2D eigenvalue weighted by Gasteiger charge is 2.19. The van der Waals surface area contributed by atoms with Gasteiger partial charge in [0.2, 0.25) is 11.8 Å². The van der Waals surface area contributed by atoms with Gasteiger partial charge < -0.3 is 4.42 Å². The van der Waals surface area contributed by atoms with Crippen LogP contribution in [-0.2, 0) is 0 Å². The van der Waals surface area contributed by atoms with Gasteiger partial charge in [-0.15, -0.1) is 10.2 Å². The second kappa shape index (κ2) is 6.13. The maximum atomic E-state index is 5.56. The molecule has 24 heavy (non-hydrogen) atoms. The van der Waals surface area contributed by atoms with Crippen molar-refractivity contribution in [2.45, 2.75) is 24.3 Å². The second-order valence-corrected chi connectivity index (χ2v) is 6.78. The number of imidazole rings is 1. The lowest BCUT2D eigenvalue weighted by Gasteiger charge is -2.10. The maximum absolute atomic E-state index is 5.56. The molecule has 0 fully saturated rings. The molecule has 120 valence electrons. The van der Waals surface area contributed by atoms with Gasteiger partial charge in [0.25, 0.3) is 0 Å². The van der Waals surface area contributed by atoms with Crippen LogP contribution < -0.4 is 0 Å². The van der Waals surface area contributed by atoms with Crippen molar-refractivity contribution in [1.29, 1.82) is 0 Å². The number of aryl methyl sites for hydroxylation is 1. The number of fused-ring (bicyclic) bond motifs is 1. The van der Waals surface area contributed by atoms with Crippen LogP contribution in [-0.4, -0.2) is 19.7 Å². The molecule has 0 saturated heterocycles. The minimum atomic E-state index is 0.0190. The molecule has 2 heterocycles. The Kier molecular flexibility index (Phi) is 3.82. The minimum absolute atomic E-state index is 0.0190. The van der Waals surface area contributed by atoms with Crippen molar-refractivity contribution in [3.8, 4) is 5.69 Å². The predicted molar refractivity (Wildman–Crippen MR) is 94.4 cm³/mol. The smallest absolute Gasteiger partial charge is 0.229 e. The van der Waals surface area contributed by atoms with Gasteiger partial charge >= 0.3 is 0 Å². The summed E-state index contributed by atoms with van der Waals surface area (Å²) in [6.07, 6.45) is 0. The molecule has 0 spiro atoms. The van der Waals surface area contributed by atoms with Gasteiger partial charge in [-0.3, -0.25) is 4.57 Å². The van der Waals surface area contributed by atoms with E-state index in [2.05, 4.69) is 33.0 Å². The fourth-order valence-electron chi connectivity index (χ4n) is 2.59. The monoisotopic (exact) mass is 336 g/mol. The molecule has 5 nitrogen and oxygen atoms in total. The molecule has 0 saturated carbocycles. The van der Waals surface area contributed by atoms with E-state index < -0.39 is 0 Å². The van der Waals surface area contributed by atoms with Crippen molar-refractivity contribution in [2.75, 3.05) is 0 Å². The number of benzene rings is 2. The van der Waals surface area contributed by atoms with Gasteiger partial charge in [0.1, 0.15) is 0 Å². The molecule has 0 aliphatic heterocycles. The molecule has 0 aliphatic carbocycles. The quantitative estimate of drug-likeness (QED) is 0.511. The Morgan fingerprint density at radius 3 is 2.50 bits per heavy atom. The van der Waals surface area contributed by atoms with E-state index in [1.54, 1.807) is 18.7 Å². The normalized spacial score (nSPS) is 12.6. The van der Waals surface area contributed by atoms with Crippen LogP contribution in [0.4, 0.5) is 0 Å². The largest absolute Gasteiger partial charge is 0.424 e. The Hall–Kier alpha value is -2.60. The van der Waals surface area contributed by atoms with Crippen LogP contribution in [0.1, 0.15) is 24.0 Å². The van der Waals surface area contributed by atoms with Crippen LogP contribution in [0.15, 0.2) is 64.2 Å². The van der Waals surface area contributed by atoms with Gasteiger partial charge in [-0.05, 0) is 31.2 Å². The summed E-state index contributed by atoms with van der Waals surface area (Å²) in [5.41, 5.74) is 3.14. The van der Waals surface area contributed by atoms with Crippen molar-refractivity contribution in [3.05, 3.63) is 66.4 Å². The Balaban J connectivity index is 1.80. The summed E-state index contributed by atoms with van der Waals surface area (Å²) in [5.74, 6) is 1.19. The topological polar surface area (TPSA) is 56.7 Å². The lowest BCUT2D eigenvalue weighted by atomic mass is 10.3. The molecule has 4 aromatic rings. The number of thioether (sulfide) groups is 1. The maximum Gasteiger partial charge on any atom is 0.229 e. The van der Waals surface area contributed by atoms with E-state index >= 15 is 0 Å². The first-order chi connectivity index (χ1) is 11.7. The molecule has 0 amide bonds. The summed E-state index contributed by atoms with van der Waals surface area (Å²) < 4.78 is 7.72. The molecule has 0 radical (unpaired) electrons. The molecule has 6 heteroatoms. The van der Waals surface area contributed by atoms with Crippen LogP contribution in [0, 0.1) is 6.92 Å². The van der Waals surface area contributed by atoms with Gasteiger partial charge in [0, 0.05) is 12.6 Å². The molecule has 2 aromatic carbocycles. The fourth-order valence-corrected chi connectivity index (χ4v) is 3.57. The molecule has 0 bridgehead atoms. The molecule has 2 aromatic heterocycles. The highest BCUT2D eigenvalue weighted by atomic mass is 32.2. The molecule has 1 unspecified atom stereocenters. The van der Waals surface area contributed by atoms with Crippen molar-refractivity contribution in [1.82, 2.24) is 19.7 Å². The van der Waals surface area contributed by atoms with Crippen LogP contribution >= 0.6 is 11.8 Å². The molecule has 1 atom stereocenters. The number of hydrogen-bond acceptors (Lipinski definition) is 5. The van der Waals surface area contributed by atoms with Gasteiger partial charge in [-0.1, -0.05) is 42.1 Å². The average molecular weight is 336 g/mol. The van der Waals surface area contributed by atoms with E-state index in [9.17, 15) is 0 Å². The zero-order valence-electron chi connectivity index (χ0n) is 13.4. The van der Waals surface area contributed by atoms with Crippen LogP contribution in [0.25, 0.3) is 16.7 Å². The number of aromatic nitrogens is 4. The summed E-state index contributed by atoms with van der Waals surface area (Å²) >= 11 is 1.61. The SMILES string of the molecule is Cc1nnc(C(C)Sc2nc3ccccc3n2-c2ccccc2)o1. The lowest BCUT2D eigenvalue weighted by Crippen LogP contribution is -1.98. The molecule has 4 rings (SSSR count). The summed E-state index contributed by atoms with van der Waals surface area (Å²) in [4.78, 5) is 4.80. The first-order valence-corrected chi connectivity index (χ1v) is 8.60. The van der Waals surface area contributed by atoms with E-state index in [0.29, 0.717) is 11.8 Å². The third-order valence-corrected chi connectivity index (χ3v) is 4.76.